The number of likely N-dealkylation sites (tertiary alicyclic amines) is 1. The van der Waals surface area contributed by atoms with Crippen molar-refractivity contribution in [2.45, 2.75) is 32.4 Å². The van der Waals surface area contributed by atoms with Crippen LogP contribution in [0.2, 0.25) is 0 Å². The quantitative estimate of drug-likeness (QED) is 0.857. The van der Waals surface area contributed by atoms with E-state index in [1.54, 1.807) is 22.4 Å². The lowest BCUT2D eigenvalue weighted by Gasteiger charge is -2.21. The van der Waals surface area contributed by atoms with Crippen molar-refractivity contribution in [2.24, 2.45) is 5.92 Å². The average molecular weight is 310 g/mol. The fraction of sp³-hybridized carbons (Fsp3) is 0.500. The second-order valence-corrected chi connectivity index (χ2v) is 6.32. The van der Waals surface area contributed by atoms with Gasteiger partial charge in [-0.25, -0.2) is 4.79 Å². The molecule has 2 rings (SSSR count). The Balaban J connectivity index is 2.04. The highest BCUT2D eigenvalue weighted by molar-refractivity contribution is 7.10. The van der Waals surface area contributed by atoms with Crippen LogP contribution in [0.1, 0.15) is 31.2 Å². The number of thiophene rings is 1. The summed E-state index contributed by atoms with van der Waals surface area (Å²) in [5.74, 6) is -2.03. The van der Waals surface area contributed by atoms with Gasteiger partial charge in [0.2, 0.25) is 11.8 Å². The number of nitrogens with one attached hydrogen (secondary N) is 1. The van der Waals surface area contributed by atoms with E-state index in [9.17, 15) is 19.5 Å². The summed E-state index contributed by atoms with van der Waals surface area (Å²) in [4.78, 5) is 37.5. The monoisotopic (exact) mass is 310 g/mol. The largest absolute Gasteiger partial charge is 0.479 e. The molecule has 1 aliphatic heterocycles. The Hall–Kier alpha value is -1.89. The summed E-state index contributed by atoms with van der Waals surface area (Å²) in [7, 11) is 0. The van der Waals surface area contributed by atoms with Gasteiger partial charge < -0.3 is 15.3 Å². The molecule has 2 heterocycles. The average Bonchev–Trinajstić information content (AvgIpc) is 3.04. The molecule has 2 N–H and O–H groups in total. The van der Waals surface area contributed by atoms with Crippen molar-refractivity contribution in [2.75, 3.05) is 6.54 Å². The van der Waals surface area contributed by atoms with Gasteiger partial charge in [0.15, 0.2) is 6.04 Å². The van der Waals surface area contributed by atoms with Gasteiger partial charge >= 0.3 is 5.97 Å². The highest BCUT2D eigenvalue weighted by Gasteiger charge is 2.37. The topological polar surface area (TPSA) is 86.7 Å². The lowest BCUT2D eigenvalue weighted by molar-refractivity contribution is -0.142. The minimum atomic E-state index is -1.10. The first-order valence-corrected chi connectivity index (χ1v) is 7.64. The van der Waals surface area contributed by atoms with Gasteiger partial charge in [0.1, 0.15) is 0 Å². The van der Waals surface area contributed by atoms with Gasteiger partial charge in [0.05, 0.1) is 5.92 Å². The van der Waals surface area contributed by atoms with Gasteiger partial charge in [-0.1, -0.05) is 6.07 Å². The first kappa shape index (κ1) is 15.5. The van der Waals surface area contributed by atoms with Crippen LogP contribution in [0, 0.1) is 5.92 Å². The van der Waals surface area contributed by atoms with Crippen LogP contribution in [0.4, 0.5) is 0 Å². The van der Waals surface area contributed by atoms with Crippen LogP contribution in [0.5, 0.6) is 0 Å². The van der Waals surface area contributed by atoms with Gasteiger partial charge in [-0.3, -0.25) is 9.59 Å². The number of hydrogen-bond acceptors (Lipinski definition) is 4. The number of carboxylic acid groups (broad SMARTS) is 1. The van der Waals surface area contributed by atoms with Crippen LogP contribution in [-0.4, -0.2) is 40.4 Å². The minimum absolute atomic E-state index is 0.0443. The molecule has 1 aliphatic rings. The predicted octanol–water partition coefficient (Wildman–Crippen LogP) is 1.25. The van der Waals surface area contributed by atoms with E-state index in [0.29, 0.717) is 11.4 Å². The molecule has 0 radical (unpaired) electrons. The molecule has 6 nitrogen and oxygen atoms in total. The van der Waals surface area contributed by atoms with Gasteiger partial charge in [-0.05, 0) is 25.3 Å². The summed E-state index contributed by atoms with van der Waals surface area (Å²) in [5.41, 5.74) is 0. The molecule has 1 saturated heterocycles. The first-order chi connectivity index (χ1) is 9.90. The first-order valence-electron chi connectivity index (χ1n) is 6.76. The molecule has 1 aromatic heterocycles. The molecular formula is C14H18N2O4S. The van der Waals surface area contributed by atoms with Gasteiger partial charge in [0.25, 0.3) is 0 Å². The van der Waals surface area contributed by atoms with E-state index >= 15 is 0 Å². The summed E-state index contributed by atoms with van der Waals surface area (Å²) in [5, 5.41) is 13.5. The number of aliphatic carboxylic acids is 1. The van der Waals surface area contributed by atoms with Gasteiger partial charge in [0, 0.05) is 23.9 Å². The van der Waals surface area contributed by atoms with Crippen molar-refractivity contribution < 1.29 is 19.5 Å². The van der Waals surface area contributed by atoms with E-state index in [1.807, 2.05) is 13.8 Å². The number of rotatable bonds is 5. The number of nitrogens with zero attached hydrogens (tertiary/aromatic N) is 1. The highest BCUT2D eigenvalue weighted by atomic mass is 32.1. The molecule has 2 unspecified atom stereocenters. The molecule has 21 heavy (non-hydrogen) atoms. The summed E-state index contributed by atoms with van der Waals surface area (Å²) in [6, 6.07) is 2.40. The van der Waals surface area contributed by atoms with E-state index in [0.717, 1.165) is 0 Å². The molecule has 0 aromatic carbocycles. The third kappa shape index (κ3) is 3.41. The molecule has 0 bridgehead atoms. The second-order valence-electron chi connectivity index (χ2n) is 5.34. The van der Waals surface area contributed by atoms with Crippen LogP contribution in [0.25, 0.3) is 0 Å². The number of carbonyl (C=O) groups excluding carboxylic acids is 2. The zero-order valence-corrected chi connectivity index (χ0v) is 12.7. The van der Waals surface area contributed by atoms with Crippen molar-refractivity contribution in [1.29, 1.82) is 0 Å². The Bertz CT molecular complexity index is 541. The van der Waals surface area contributed by atoms with E-state index in [4.69, 9.17) is 0 Å². The molecule has 0 spiro atoms. The maximum Gasteiger partial charge on any atom is 0.331 e. The number of carboxylic acids is 1. The molecule has 0 aliphatic carbocycles. The molecular weight excluding hydrogens is 292 g/mol. The summed E-state index contributed by atoms with van der Waals surface area (Å²) in [6.45, 7) is 4.13. The van der Waals surface area contributed by atoms with Crippen LogP contribution in [0.15, 0.2) is 17.5 Å². The molecule has 0 saturated carbocycles. The maximum absolute atomic E-state index is 12.2. The van der Waals surface area contributed by atoms with E-state index in [2.05, 4.69) is 5.32 Å². The third-order valence-corrected chi connectivity index (χ3v) is 4.45. The summed E-state index contributed by atoms with van der Waals surface area (Å²) >= 11 is 1.28. The molecule has 2 atom stereocenters. The van der Waals surface area contributed by atoms with Crippen molar-refractivity contribution in [3.8, 4) is 0 Å². The zero-order chi connectivity index (χ0) is 15.6. The van der Waals surface area contributed by atoms with Crippen molar-refractivity contribution in [3.05, 3.63) is 22.4 Å². The number of amides is 2. The van der Waals surface area contributed by atoms with Crippen molar-refractivity contribution >= 4 is 29.1 Å². The Morgan fingerprint density at radius 2 is 2.19 bits per heavy atom. The normalized spacial score (nSPS) is 19.9. The van der Waals surface area contributed by atoms with Crippen molar-refractivity contribution in [3.63, 3.8) is 0 Å². The van der Waals surface area contributed by atoms with Crippen LogP contribution in [0.3, 0.4) is 0 Å². The lowest BCUT2D eigenvalue weighted by atomic mass is 10.1. The van der Waals surface area contributed by atoms with Gasteiger partial charge in [-0.15, -0.1) is 11.3 Å². The van der Waals surface area contributed by atoms with Gasteiger partial charge in [-0.2, -0.15) is 0 Å². The van der Waals surface area contributed by atoms with Crippen molar-refractivity contribution in [1.82, 2.24) is 10.2 Å². The molecule has 7 heteroatoms. The molecule has 2 amide bonds. The Labute approximate surface area is 126 Å². The summed E-state index contributed by atoms with van der Waals surface area (Å²) in [6.07, 6.45) is 0.140. The Morgan fingerprint density at radius 1 is 1.48 bits per heavy atom. The van der Waals surface area contributed by atoms with Crippen LogP contribution < -0.4 is 5.32 Å². The van der Waals surface area contributed by atoms with Crippen LogP contribution >= 0.6 is 11.3 Å². The molecule has 114 valence electrons. The van der Waals surface area contributed by atoms with E-state index in [1.165, 1.54) is 11.3 Å². The lowest BCUT2D eigenvalue weighted by Crippen LogP contribution is -2.39. The van der Waals surface area contributed by atoms with E-state index < -0.39 is 17.9 Å². The standard InChI is InChI=1S/C14H18N2O4S/c1-8(2)16-7-9(6-11(16)17)13(18)15-12(14(19)20)10-4-3-5-21-10/h3-5,8-9,12H,6-7H2,1-2H3,(H,15,18)(H,19,20). The van der Waals surface area contributed by atoms with E-state index in [-0.39, 0.29) is 24.3 Å². The predicted molar refractivity (Wildman–Crippen MR) is 77.8 cm³/mol. The fourth-order valence-corrected chi connectivity index (χ4v) is 3.14. The van der Waals surface area contributed by atoms with Crippen LogP contribution in [-0.2, 0) is 14.4 Å². The fourth-order valence-electron chi connectivity index (χ4n) is 2.38. The number of carbonyl (C=O) groups is 3. The molecule has 1 fully saturated rings. The second kappa shape index (κ2) is 6.26. The highest BCUT2D eigenvalue weighted by Crippen LogP contribution is 2.23. The SMILES string of the molecule is CC(C)N1CC(C(=O)NC(C(=O)O)c2cccs2)CC1=O. The zero-order valence-electron chi connectivity index (χ0n) is 11.9. The molecule has 1 aromatic rings. The third-order valence-electron chi connectivity index (χ3n) is 3.51. The maximum atomic E-state index is 12.2. The Morgan fingerprint density at radius 3 is 2.67 bits per heavy atom. The minimum Gasteiger partial charge on any atom is -0.479 e. The number of hydrogen-bond donors (Lipinski definition) is 2. The smallest absolute Gasteiger partial charge is 0.331 e. The summed E-state index contributed by atoms with van der Waals surface area (Å²) < 4.78 is 0. The Kier molecular flexibility index (Phi) is 4.62.